The number of rotatable bonds is 0. The number of hydrogen-bond donors (Lipinski definition) is 1. The van der Waals surface area contributed by atoms with E-state index in [2.05, 4.69) is 30.9 Å². The summed E-state index contributed by atoms with van der Waals surface area (Å²) in [6.45, 7) is 0. The quantitative estimate of drug-likeness (QED) is 0.469. The highest BCUT2D eigenvalue weighted by atomic mass is 32.1. The maximum Gasteiger partial charge on any atom is -0.00354 e. The molecule has 0 saturated heterocycles. The fourth-order valence-electron chi connectivity index (χ4n) is 1.19. The minimum Gasteiger partial charge on any atom is -0.148 e. The third kappa shape index (κ3) is 0.543. The van der Waals surface area contributed by atoms with Crippen molar-refractivity contribution >= 4 is 12.6 Å². The van der Waals surface area contributed by atoms with Crippen molar-refractivity contribution < 1.29 is 0 Å². The monoisotopic (exact) mass is 124 g/mol. The Morgan fingerprint density at radius 2 is 2.50 bits per heavy atom. The first-order valence-electron chi connectivity index (χ1n) is 2.95. The third-order valence-electron chi connectivity index (χ3n) is 1.84. The second-order valence-electron chi connectivity index (χ2n) is 2.48. The van der Waals surface area contributed by atoms with Gasteiger partial charge in [-0.2, -0.15) is 0 Å². The molecule has 2 aliphatic rings. The Bertz CT molecular complexity index is 167. The van der Waals surface area contributed by atoms with Gasteiger partial charge >= 0.3 is 0 Å². The summed E-state index contributed by atoms with van der Waals surface area (Å²) in [5.41, 5.74) is 0. The van der Waals surface area contributed by atoms with Crippen molar-refractivity contribution in [2.75, 3.05) is 0 Å². The van der Waals surface area contributed by atoms with Crippen molar-refractivity contribution in [3.05, 3.63) is 23.1 Å². The van der Waals surface area contributed by atoms with Crippen LogP contribution in [0.5, 0.6) is 0 Å². The van der Waals surface area contributed by atoms with Gasteiger partial charge in [0.2, 0.25) is 0 Å². The molecular formula is C7H8S. The van der Waals surface area contributed by atoms with Crippen LogP contribution in [-0.2, 0) is 0 Å². The molecule has 1 saturated carbocycles. The lowest BCUT2D eigenvalue weighted by Crippen LogP contribution is -1.82. The van der Waals surface area contributed by atoms with Gasteiger partial charge in [-0.15, -0.1) is 12.6 Å². The molecule has 2 unspecified atom stereocenters. The summed E-state index contributed by atoms with van der Waals surface area (Å²) in [4.78, 5) is 1.28. The Hall–Kier alpha value is -0.170. The lowest BCUT2D eigenvalue weighted by atomic mass is 10.2. The van der Waals surface area contributed by atoms with Gasteiger partial charge in [-0.1, -0.05) is 18.2 Å². The van der Waals surface area contributed by atoms with Crippen molar-refractivity contribution in [3.8, 4) is 0 Å². The van der Waals surface area contributed by atoms with E-state index in [0.29, 0.717) is 0 Å². The molecule has 0 aromatic carbocycles. The summed E-state index contributed by atoms with van der Waals surface area (Å²) in [5, 5.41) is 0. The van der Waals surface area contributed by atoms with Gasteiger partial charge in [-0.3, -0.25) is 0 Å². The fourth-order valence-corrected chi connectivity index (χ4v) is 1.57. The molecule has 2 atom stereocenters. The topological polar surface area (TPSA) is 0 Å². The highest BCUT2D eigenvalue weighted by Crippen LogP contribution is 2.48. The smallest absolute Gasteiger partial charge is 0.00354 e. The van der Waals surface area contributed by atoms with Crippen molar-refractivity contribution in [1.82, 2.24) is 0 Å². The minimum atomic E-state index is 0.809. The molecular weight excluding hydrogens is 116 g/mol. The molecule has 0 bridgehead atoms. The molecule has 0 heterocycles. The second-order valence-corrected chi connectivity index (χ2v) is 3.00. The standard InChI is InChI=1S/C7H8S/c8-7-3-1-2-5-4-6(5)7/h1-3,5-6,8H,4H2. The van der Waals surface area contributed by atoms with E-state index >= 15 is 0 Å². The lowest BCUT2D eigenvalue weighted by Gasteiger charge is -1.97. The summed E-state index contributed by atoms with van der Waals surface area (Å²) in [5.74, 6) is 1.66. The molecule has 0 aliphatic heterocycles. The van der Waals surface area contributed by atoms with Crippen LogP contribution in [0.25, 0.3) is 0 Å². The van der Waals surface area contributed by atoms with E-state index in [0.717, 1.165) is 11.8 Å². The van der Waals surface area contributed by atoms with Crippen molar-refractivity contribution in [1.29, 1.82) is 0 Å². The van der Waals surface area contributed by atoms with E-state index in [1.165, 1.54) is 11.3 Å². The molecule has 1 fully saturated rings. The van der Waals surface area contributed by atoms with Gasteiger partial charge in [0, 0.05) is 0 Å². The third-order valence-corrected chi connectivity index (χ3v) is 2.33. The van der Waals surface area contributed by atoms with Gasteiger partial charge in [0.25, 0.3) is 0 Å². The SMILES string of the molecule is SC1=CC=CC2CC12. The molecule has 0 nitrogen and oxygen atoms in total. The number of hydrogen-bond acceptors (Lipinski definition) is 1. The van der Waals surface area contributed by atoms with Gasteiger partial charge in [0.05, 0.1) is 0 Å². The van der Waals surface area contributed by atoms with E-state index < -0.39 is 0 Å². The van der Waals surface area contributed by atoms with E-state index in [-0.39, 0.29) is 0 Å². The van der Waals surface area contributed by atoms with Gasteiger partial charge in [-0.05, 0) is 23.2 Å². The molecule has 0 N–H and O–H groups in total. The summed E-state index contributed by atoms with van der Waals surface area (Å²) >= 11 is 4.31. The predicted octanol–water partition coefficient (Wildman–Crippen LogP) is 2.01. The molecule has 1 heteroatoms. The molecule has 42 valence electrons. The zero-order valence-corrected chi connectivity index (χ0v) is 5.44. The van der Waals surface area contributed by atoms with E-state index in [4.69, 9.17) is 0 Å². The highest BCUT2D eigenvalue weighted by Gasteiger charge is 2.37. The van der Waals surface area contributed by atoms with Crippen LogP contribution < -0.4 is 0 Å². The van der Waals surface area contributed by atoms with Crippen molar-refractivity contribution in [2.24, 2.45) is 11.8 Å². The molecule has 0 amide bonds. The number of thiol groups is 1. The Morgan fingerprint density at radius 1 is 1.62 bits per heavy atom. The minimum absolute atomic E-state index is 0.809. The normalized spacial score (nSPS) is 40.9. The summed E-state index contributed by atoms with van der Waals surface area (Å²) in [7, 11) is 0. The summed E-state index contributed by atoms with van der Waals surface area (Å²) < 4.78 is 0. The van der Waals surface area contributed by atoms with Gasteiger partial charge in [0.15, 0.2) is 0 Å². The zero-order valence-electron chi connectivity index (χ0n) is 4.54. The first kappa shape index (κ1) is 4.68. The molecule has 2 aliphatic carbocycles. The maximum atomic E-state index is 4.31. The fraction of sp³-hybridized carbons (Fsp3) is 0.429. The van der Waals surface area contributed by atoms with E-state index in [9.17, 15) is 0 Å². The zero-order chi connectivity index (χ0) is 5.56. The summed E-state index contributed by atoms with van der Waals surface area (Å²) in [6, 6.07) is 0. The average molecular weight is 124 g/mol. The van der Waals surface area contributed by atoms with Crippen LogP contribution in [0.4, 0.5) is 0 Å². The maximum absolute atomic E-state index is 4.31. The van der Waals surface area contributed by atoms with Crippen LogP contribution in [0.2, 0.25) is 0 Å². The number of fused-ring (bicyclic) bond motifs is 1. The Labute approximate surface area is 54.7 Å². The molecule has 0 spiro atoms. The van der Waals surface area contributed by atoms with Crippen LogP contribution in [0.15, 0.2) is 23.1 Å². The average Bonchev–Trinajstić information content (AvgIpc) is 2.45. The molecule has 0 aromatic rings. The van der Waals surface area contributed by atoms with Crippen LogP contribution in [0.3, 0.4) is 0 Å². The van der Waals surface area contributed by atoms with Crippen LogP contribution in [0, 0.1) is 11.8 Å². The lowest BCUT2D eigenvalue weighted by molar-refractivity contribution is 0.967. The van der Waals surface area contributed by atoms with Gasteiger partial charge in [-0.25, -0.2) is 0 Å². The van der Waals surface area contributed by atoms with E-state index in [1.807, 2.05) is 0 Å². The molecule has 8 heavy (non-hydrogen) atoms. The summed E-state index contributed by atoms with van der Waals surface area (Å²) in [6.07, 6.45) is 7.81. The van der Waals surface area contributed by atoms with Gasteiger partial charge in [0.1, 0.15) is 0 Å². The van der Waals surface area contributed by atoms with Crippen LogP contribution >= 0.6 is 12.6 Å². The highest BCUT2D eigenvalue weighted by molar-refractivity contribution is 7.84. The van der Waals surface area contributed by atoms with Gasteiger partial charge < -0.3 is 0 Å². The largest absolute Gasteiger partial charge is 0.148 e. The molecule has 2 rings (SSSR count). The first-order valence-corrected chi connectivity index (χ1v) is 3.40. The second kappa shape index (κ2) is 1.41. The first-order chi connectivity index (χ1) is 3.88. The van der Waals surface area contributed by atoms with Crippen molar-refractivity contribution in [3.63, 3.8) is 0 Å². The Kier molecular flexibility index (Phi) is 0.826. The Morgan fingerprint density at radius 3 is 3.12 bits per heavy atom. The predicted molar refractivity (Wildman–Crippen MR) is 37.8 cm³/mol. The Balaban J connectivity index is 2.30. The molecule has 0 aromatic heterocycles. The van der Waals surface area contributed by atoms with Crippen molar-refractivity contribution in [2.45, 2.75) is 6.42 Å². The van der Waals surface area contributed by atoms with Crippen LogP contribution in [-0.4, -0.2) is 0 Å². The van der Waals surface area contributed by atoms with Crippen LogP contribution in [0.1, 0.15) is 6.42 Å². The van der Waals surface area contributed by atoms with E-state index in [1.54, 1.807) is 0 Å². The molecule has 0 radical (unpaired) electrons. The number of allylic oxidation sites excluding steroid dienone is 4.